The van der Waals surface area contributed by atoms with Crippen LogP contribution in [-0.2, 0) is 11.8 Å². The van der Waals surface area contributed by atoms with Gasteiger partial charge < -0.3 is 10.1 Å². The number of ether oxygens (including phenoxy) is 1. The molecule has 1 aliphatic heterocycles. The number of benzene rings is 2. The number of rotatable bonds is 4. The summed E-state index contributed by atoms with van der Waals surface area (Å²) in [6, 6.07) is 14.4. The van der Waals surface area contributed by atoms with Gasteiger partial charge in [-0.3, -0.25) is 14.5 Å². The van der Waals surface area contributed by atoms with Crippen molar-refractivity contribution >= 4 is 27.7 Å². The van der Waals surface area contributed by atoms with Crippen LogP contribution in [0.25, 0.3) is 32.9 Å². The van der Waals surface area contributed by atoms with Crippen LogP contribution in [0.4, 0.5) is 0 Å². The molecule has 2 aromatic heterocycles. The lowest BCUT2D eigenvalue weighted by atomic mass is 10.0. The van der Waals surface area contributed by atoms with Crippen molar-refractivity contribution in [3.63, 3.8) is 0 Å². The highest BCUT2D eigenvalue weighted by molar-refractivity contribution is 5.92. The Kier molecular flexibility index (Phi) is 3.97. The monoisotopic (exact) mass is 372 g/mol. The zero-order valence-corrected chi connectivity index (χ0v) is 15.6. The Morgan fingerprint density at radius 2 is 2.14 bits per heavy atom. The van der Waals surface area contributed by atoms with E-state index in [0.29, 0.717) is 19.6 Å². The topological polar surface area (TPSA) is 69.0 Å². The van der Waals surface area contributed by atoms with E-state index in [1.165, 1.54) is 0 Å². The minimum atomic E-state index is 0.0957. The molecule has 1 unspecified atom stereocenters. The second kappa shape index (κ2) is 6.64. The van der Waals surface area contributed by atoms with Crippen molar-refractivity contribution in [3.8, 4) is 16.9 Å². The molecule has 1 amide bonds. The van der Waals surface area contributed by atoms with E-state index in [1.54, 1.807) is 6.20 Å². The third-order valence-corrected chi connectivity index (χ3v) is 5.30. The van der Waals surface area contributed by atoms with Crippen LogP contribution in [0.2, 0.25) is 0 Å². The highest BCUT2D eigenvalue weighted by atomic mass is 16.5. The first-order chi connectivity index (χ1) is 13.7. The van der Waals surface area contributed by atoms with Gasteiger partial charge in [0.15, 0.2) is 0 Å². The number of pyridine rings is 1. The minimum absolute atomic E-state index is 0.0957. The summed E-state index contributed by atoms with van der Waals surface area (Å²) in [5.74, 6) is 1.09. The van der Waals surface area contributed by atoms with E-state index in [9.17, 15) is 4.79 Å². The number of nitrogens with zero attached hydrogens (tertiary/aromatic N) is 3. The Morgan fingerprint density at radius 1 is 1.21 bits per heavy atom. The molecule has 1 aliphatic rings. The van der Waals surface area contributed by atoms with Crippen molar-refractivity contribution < 1.29 is 9.53 Å². The lowest BCUT2D eigenvalue weighted by Crippen LogP contribution is -2.16. The van der Waals surface area contributed by atoms with Gasteiger partial charge in [-0.25, -0.2) is 0 Å². The maximum Gasteiger partial charge on any atom is 0.220 e. The van der Waals surface area contributed by atoms with Crippen LogP contribution in [0.5, 0.6) is 5.75 Å². The van der Waals surface area contributed by atoms with Gasteiger partial charge in [-0.05, 0) is 41.5 Å². The van der Waals surface area contributed by atoms with Gasteiger partial charge in [-0.2, -0.15) is 5.10 Å². The molecule has 0 aliphatic carbocycles. The smallest absolute Gasteiger partial charge is 0.220 e. The fourth-order valence-corrected chi connectivity index (χ4v) is 3.75. The number of carbonyl (C=O) groups is 1. The number of hydrogen-bond donors (Lipinski definition) is 1. The molecule has 0 saturated carbocycles. The van der Waals surface area contributed by atoms with Crippen LogP contribution in [-0.4, -0.2) is 33.8 Å². The number of hydrogen-bond acceptors (Lipinski definition) is 4. The van der Waals surface area contributed by atoms with Crippen LogP contribution in [0, 0.1) is 5.92 Å². The van der Waals surface area contributed by atoms with Crippen LogP contribution in [0.1, 0.15) is 6.42 Å². The van der Waals surface area contributed by atoms with E-state index in [-0.39, 0.29) is 11.8 Å². The maximum absolute atomic E-state index is 11.4. The predicted molar refractivity (Wildman–Crippen MR) is 108 cm³/mol. The fraction of sp³-hybridized carbons (Fsp3) is 0.227. The Morgan fingerprint density at radius 3 is 3.00 bits per heavy atom. The zero-order valence-electron chi connectivity index (χ0n) is 15.6. The maximum atomic E-state index is 11.4. The average Bonchev–Trinajstić information content (AvgIpc) is 3.31. The normalized spacial score (nSPS) is 16.6. The van der Waals surface area contributed by atoms with Crippen LogP contribution in [0.3, 0.4) is 0 Å². The molecule has 6 heteroatoms. The van der Waals surface area contributed by atoms with Crippen molar-refractivity contribution in [3.05, 3.63) is 54.9 Å². The van der Waals surface area contributed by atoms with E-state index >= 15 is 0 Å². The molecule has 5 rings (SSSR count). The molecule has 1 saturated heterocycles. The molecule has 0 bridgehead atoms. The summed E-state index contributed by atoms with van der Waals surface area (Å²) in [5.41, 5.74) is 4.11. The summed E-state index contributed by atoms with van der Waals surface area (Å²) in [4.78, 5) is 16.0. The lowest BCUT2D eigenvalue weighted by Gasteiger charge is -2.14. The summed E-state index contributed by atoms with van der Waals surface area (Å²) in [6.07, 6.45) is 4.18. The molecule has 6 nitrogen and oxygen atoms in total. The summed E-state index contributed by atoms with van der Waals surface area (Å²) < 4.78 is 8.03. The van der Waals surface area contributed by atoms with E-state index in [0.717, 1.165) is 38.7 Å². The summed E-state index contributed by atoms with van der Waals surface area (Å²) >= 11 is 0. The van der Waals surface area contributed by atoms with Gasteiger partial charge >= 0.3 is 0 Å². The largest absolute Gasteiger partial charge is 0.492 e. The van der Waals surface area contributed by atoms with E-state index in [1.807, 2.05) is 30.1 Å². The fourth-order valence-electron chi connectivity index (χ4n) is 3.75. The van der Waals surface area contributed by atoms with Crippen LogP contribution >= 0.6 is 0 Å². The molecule has 28 heavy (non-hydrogen) atoms. The molecule has 140 valence electrons. The van der Waals surface area contributed by atoms with E-state index in [4.69, 9.17) is 4.74 Å². The van der Waals surface area contributed by atoms with Gasteiger partial charge in [0.2, 0.25) is 5.91 Å². The number of carbonyl (C=O) groups excluding carboxylic acids is 1. The minimum Gasteiger partial charge on any atom is -0.492 e. The molecule has 1 fully saturated rings. The van der Waals surface area contributed by atoms with Crippen molar-refractivity contribution in [1.29, 1.82) is 0 Å². The van der Waals surface area contributed by atoms with Gasteiger partial charge in [-0.15, -0.1) is 0 Å². The third kappa shape index (κ3) is 2.97. The van der Waals surface area contributed by atoms with Gasteiger partial charge in [0.25, 0.3) is 0 Å². The molecular weight excluding hydrogens is 352 g/mol. The van der Waals surface area contributed by atoms with Crippen LogP contribution < -0.4 is 10.1 Å². The molecule has 3 heterocycles. The Balaban J connectivity index is 1.55. The SMILES string of the molecule is Cn1ncc2ccc(-c3cc(OCC4CNC(=O)C4)c4cccnc4c3)cc21. The second-order valence-electron chi connectivity index (χ2n) is 7.27. The summed E-state index contributed by atoms with van der Waals surface area (Å²) in [5, 5.41) is 9.27. The highest BCUT2D eigenvalue weighted by Gasteiger charge is 2.22. The van der Waals surface area contributed by atoms with Gasteiger partial charge in [0.1, 0.15) is 5.75 Å². The molecule has 2 aromatic carbocycles. The second-order valence-corrected chi connectivity index (χ2v) is 7.27. The number of aromatic nitrogens is 3. The highest BCUT2D eigenvalue weighted by Crippen LogP contribution is 2.33. The quantitative estimate of drug-likeness (QED) is 0.597. The van der Waals surface area contributed by atoms with Crippen LogP contribution in [0.15, 0.2) is 54.9 Å². The van der Waals surface area contributed by atoms with Gasteiger partial charge in [0.05, 0.1) is 23.8 Å². The first-order valence-corrected chi connectivity index (χ1v) is 9.38. The molecule has 0 spiro atoms. The number of amides is 1. The zero-order chi connectivity index (χ0) is 19.1. The molecule has 1 atom stereocenters. The lowest BCUT2D eigenvalue weighted by molar-refractivity contribution is -0.119. The standard InChI is InChI=1S/C22H20N4O2/c1-26-20-9-15(4-5-16(20)12-25-26)17-8-19-18(3-2-6-23-19)21(10-17)28-13-14-7-22(27)24-11-14/h2-6,8-10,12,14H,7,11,13H2,1H3,(H,24,27). The molecule has 4 aromatic rings. The van der Waals surface area contributed by atoms with Crippen molar-refractivity contribution in [2.24, 2.45) is 13.0 Å². The van der Waals surface area contributed by atoms with Gasteiger partial charge in [-0.1, -0.05) is 12.1 Å². The number of nitrogens with one attached hydrogen (secondary N) is 1. The summed E-state index contributed by atoms with van der Waals surface area (Å²) in [7, 11) is 1.94. The summed E-state index contributed by atoms with van der Waals surface area (Å²) in [6.45, 7) is 1.18. The molecular formula is C22H20N4O2. The Bertz CT molecular complexity index is 1200. The molecule has 0 radical (unpaired) electrons. The average molecular weight is 372 g/mol. The van der Waals surface area contributed by atoms with E-state index in [2.05, 4.69) is 45.7 Å². The first-order valence-electron chi connectivity index (χ1n) is 9.38. The Labute approximate surface area is 162 Å². The molecule has 1 N–H and O–H groups in total. The first kappa shape index (κ1) is 16.7. The van der Waals surface area contributed by atoms with Crippen molar-refractivity contribution in [1.82, 2.24) is 20.1 Å². The third-order valence-electron chi connectivity index (χ3n) is 5.30. The predicted octanol–water partition coefficient (Wildman–Crippen LogP) is 3.30. The van der Waals surface area contributed by atoms with Gasteiger partial charge in [0, 0.05) is 42.9 Å². The number of aryl methyl sites for hydroxylation is 1. The van der Waals surface area contributed by atoms with Crippen molar-refractivity contribution in [2.75, 3.05) is 13.2 Å². The van der Waals surface area contributed by atoms with Crippen molar-refractivity contribution in [2.45, 2.75) is 6.42 Å². The van der Waals surface area contributed by atoms with E-state index < -0.39 is 0 Å². The Hall–Kier alpha value is -3.41. The number of fused-ring (bicyclic) bond motifs is 2.